The molecule has 1 aliphatic heterocycles. The van der Waals surface area contributed by atoms with E-state index >= 15 is 0 Å². The van der Waals surface area contributed by atoms with Crippen LogP contribution in [-0.2, 0) is 0 Å². The number of anilines is 4. The Morgan fingerprint density at radius 3 is 2.80 bits per heavy atom. The number of ether oxygens (including phenoxy) is 1. The summed E-state index contributed by atoms with van der Waals surface area (Å²) >= 11 is 7.49. The van der Waals surface area contributed by atoms with Crippen LogP contribution in [0.15, 0.2) is 30.5 Å². The Bertz CT molecular complexity index is 1170. The average Bonchev–Trinajstić information content (AvgIpc) is 3.30. The molecule has 186 valence electrons. The van der Waals surface area contributed by atoms with Crippen LogP contribution in [0.1, 0.15) is 22.4 Å². The largest absolute Gasteiger partial charge is 0.492 e. The maximum Gasteiger partial charge on any atom is 0.267 e. The van der Waals surface area contributed by atoms with Crippen LogP contribution in [0.2, 0.25) is 5.02 Å². The zero-order chi connectivity index (χ0) is 24.8. The smallest absolute Gasteiger partial charge is 0.267 e. The molecule has 0 atom stereocenters. The first-order valence-electron chi connectivity index (χ1n) is 11.4. The molecule has 1 amide bonds. The van der Waals surface area contributed by atoms with E-state index < -0.39 is 0 Å². The van der Waals surface area contributed by atoms with Crippen LogP contribution >= 0.6 is 22.9 Å². The topological polar surface area (TPSA) is 116 Å². The summed E-state index contributed by atoms with van der Waals surface area (Å²) in [4.78, 5) is 31.1. The van der Waals surface area contributed by atoms with Crippen molar-refractivity contribution in [3.63, 3.8) is 0 Å². The summed E-state index contributed by atoms with van der Waals surface area (Å²) in [6.45, 7) is 8.40. The van der Waals surface area contributed by atoms with Crippen molar-refractivity contribution in [3.8, 4) is 5.75 Å². The SMILES string of the molecule is CCOc1cccc(Cl)c1NC(=O)c1cnc(Nc2cc(N3CCN(CCO)CC3)nc(C)n2)s1. The third-order valence-corrected chi connectivity index (χ3v) is 6.64. The lowest BCUT2D eigenvalue weighted by atomic mass is 10.3. The molecule has 3 aromatic rings. The van der Waals surface area contributed by atoms with Crippen LogP contribution in [0.25, 0.3) is 0 Å². The number of carbonyl (C=O) groups is 1. The summed E-state index contributed by atoms with van der Waals surface area (Å²) in [5.74, 6) is 2.26. The minimum atomic E-state index is -0.329. The molecule has 1 saturated heterocycles. The number of halogens is 1. The van der Waals surface area contributed by atoms with Crippen molar-refractivity contribution >= 4 is 51.3 Å². The molecule has 0 unspecified atom stereocenters. The number of para-hydroxylation sites is 1. The van der Waals surface area contributed by atoms with E-state index in [0.29, 0.717) is 51.3 Å². The number of piperazine rings is 1. The highest BCUT2D eigenvalue weighted by Gasteiger charge is 2.20. The molecule has 3 N–H and O–H groups in total. The van der Waals surface area contributed by atoms with E-state index in [1.807, 2.05) is 19.9 Å². The van der Waals surface area contributed by atoms with E-state index in [4.69, 9.17) is 21.4 Å². The molecule has 12 heteroatoms. The number of amides is 1. The monoisotopic (exact) mass is 517 g/mol. The number of aryl methyl sites for hydroxylation is 1. The van der Waals surface area contributed by atoms with Crippen LogP contribution in [-0.4, -0.2) is 76.8 Å². The Morgan fingerprint density at radius 2 is 2.06 bits per heavy atom. The van der Waals surface area contributed by atoms with E-state index in [-0.39, 0.29) is 12.5 Å². The van der Waals surface area contributed by atoms with Crippen molar-refractivity contribution in [1.82, 2.24) is 19.9 Å². The Balaban J connectivity index is 1.43. The molecule has 10 nitrogen and oxygen atoms in total. The molecule has 1 aromatic carbocycles. The predicted molar refractivity (Wildman–Crippen MR) is 138 cm³/mol. The summed E-state index contributed by atoms with van der Waals surface area (Å²) in [5, 5.41) is 16.1. The molecule has 0 aliphatic carbocycles. The van der Waals surface area contributed by atoms with Gasteiger partial charge in [-0.05, 0) is 26.0 Å². The first-order chi connectivity index (χ1) is 17.0. The van der Waals surface area contributed by atoms with Crippen LogP contribution in [0.4, 0.5) is 22.5 Å². The number of rotatable bonds is 9. The zero-order valence-corrected chi connectivity index (χ0v) is 21.2. The summed E-state index contributed by atoms with van der Waals surface area (Å²) in [6, 6.07) is 7.10. The van der Waals surface area contributed by atoms with E-state index in [1.165, 1.54) is 17.5 Å². The molecule has 1 fully saturated rings. The van der Waals surface area contributed by atoms with E-state index in [9.17, 15) is 4.79 Å². The second kappa shape index (κ2) is 11.6. The van der Waals surface area contributed by atoms with Gasteiger partial charge in [0.1, 0.15) is 33.8 Å². The third kappa shape index (κ3) is 6.37. The van der Waals surface area contributed by atoms with Gasteiger partial charge in [0, 0.05) is 38.8 Å². The van der Waals surface area contributed by atoms with Crippen LogP contribution in [0, 0.1) is 6.92 Å². The second-order valence-corrected chi connectivity index (χ2v) is 9.30. The fourth-order valence-electron chi connectivity index (χ4n) is 3.74. The standard InChI is InChI=1S/C23H28ClN7O3S/c1-3-34-17-6-4-5-16(24)21(17)29-22(33)18-14-25-23(35-18)28-19-13-20(27-15(2)26-19)31-9-7-30(8-10-31)11-12-32/h4-6,13-14,32H,3,7-12H2,1-2H3,(H,29,33)(H,25,26,27,28). The molecule has 0 bridgehead atoms. The zero-order valence-electron chi connectivity index (χ0n) is 19.6. The second-order valence-electron chi connectivity index (χ2n) is 7.87. The molecule has 0 radical (unpaired) electrons. The summed E-state index contributed by atoms with van der Waals surface area (Å²) < 4.78 is 5.57. The molecule has 0 spiro atoms. The Hall–Kier alpha value is -2.99. The molecular formula is C23H28ClN7O3S. The Kier molecular flexibility index (Phi) is 8.34. The number of thiazole rings is 1. The molecule has 3 heterocycles. The third-order valence-electron chi connectivity index (χ3n) is 5.42. The van der Waals surface area contributed by atoms with Crippen molar-refractivity contribution in [2.45, 2.75) is 13.8 Å². The number of nitrogens with one attached hydrogen (secondary N) is 2. The van der Waals surface area contributed by atoms with Gasteiger partial charge in [-0.1, -0.05) is 29.0 Å². The highest BCUT2D eigenvalue weighted by Crippen LogP contribution is 2.33. The Labute approximate surface area is 212 Å². The summed E-state index contributed by atoms with van der Waals surface area (Å²) in [6.07, 6.45) is 1.51. The summed E-state index contributed by atoms with van der Waals surface area (Å²) in [5.41, 5.74) is 0.430. The van der Waals surface area contributed by atoms with Crippen LogP contribution < -0.4 is 20.3 Å². The first kappa shape index (κ1) is 25.1. The lowest BCUT2D eigenvalue weighted by Gasteiger charge is -2.35. The summed E-state index contributed by atoms with van der Waals surface area (Å²) in [7, 11) is 0. The van der Waals surface area contributed by atoms with Crippen molar-refractivity contribution in [3.05, 3.63) is 46.2 Å². The minimum absolute atomic E-state index is 0.167. The number of benzene rings is 1. The highest BCUT2D eigenvalue weighted by molar-refractivity contribution is 7.17. The number of carbonyl (C=O) groups excluding carboxylic acids is 1. The fraction of sp³-hybridized carbons (Fsp3) is 0.391. The number of aliphatic hydroxyl groups is 1. The normalized spacial score (nSPS) is 14.1. The highest BCUT2D eigenvalue weighted by atomic mass is 35.5. The van der Waals surface area contributed by atoms with Gasteiger partial charge in [-0.15, -0.1) is 0 Å². The van der Waals surface area contributed by atoms with Gasteiger partial charge in [0.05, 0.1) is 24.4 Å². The van der Waals surface area contributed by atoms with Crippen molar-refractivity contribution in [2.24, 2.45) is 0 Å². The number of β-amino-alcohol motifs (C(OH)–C–C–N with tert-alkyl or cyclic N) is 1. The molecule has 35 heavy (non-hydrogen) atoms. The minimum Gasteiger partial charge on any atom is -0.492 e. The first-order valence-corrected chi connectivity index (χ1v) is 12.6. The van der Waals surface area contributed by atoms with Crippen LogP contribution in [0.3, 0.4) is 0 Å². The molecule has 4 rings (SSSR count). The fourth-order valence-corrected chi connectivity index (χ4v) is 4.67. The number of nitrogens with zero attached hydrogens (tertiary/aromatic N) is 5. The number of aliphatic hydroxyl groups excluding tert-OH is 1. The molecule has 1 aliphatic rings. The number of hydrogen-bond donors (Lipinski definition) is 3. The van der Waals surface area contributed by atoms with Crippen molar-refractivity contribution in [2.75, 3.05) is 61.5 Å². The van der Waals surface area contributed by atoms with E-state index in [1.54, 1.807) is 18.2 Å². The van der Waals surface area contributed by atoms with Crippen molar-refractivity contribution < 1.29 is 14.6 Å². The Morgan fingerprint density at radius 1 is 1.26 bits per heavy atom. The molecular weight excluding hydrogens is 490 g/mol. The van der Waals surface area contributed by atoms with Gasteiger partial charge in [0.2, 0.25) is 0 Å². The van der Waals surface area contributed by atoms with Gasteiger partial charge in [-0.3, -0.25) is 9.69 Å². The van der Waals surface area contributed by atoms with Crippen molar-refractivity contribution in [1.29, 1.82) is 0 Å². The van der Waals surface area contributed by atoms with Gasteiger partial charge in [-0.25, -0.2) is 15.0 Å². The lowest BCUT2D eigenvalue weighted by Crippen LogP contribution is -2.47. The van der Waals surface area contributed by atoms with Gasteiger partial charge in [0.25, 0.3) is 5.91 Å². The molecule has 2 aromatic heterocycles. The quantitative estimate of drug-likeness (QED) is 0.392. The number of aromatic nitrogens is 3. The number of hydrogen-bond acceptors (Lipinski definition) is 10. The van der Waals surface area contributed by atoms with Gasteiger partial charge in [-0.2, -0.15) is 0 Å². The van der Waals surface area contributed by atoms with E-state index in [2.05, 4.69) is 35.4 Å². The van der Waals surface area contributed by atoms with Gasteiger partial charge < -0.3 is 25.4 Å². The van der Waals surface area contributed by atoms with E-state index in [0.717, 1.165) is 32.0 Å². The maximum absolute atomic E-state index is 12.8. The average molecular weight is 518 g/mol. The van der Waals surface area contributed by atoms with Gasteiger partial charge in [0.15, 0.2) is 5.13 Å². The molecule has 0 saturated carbocycles. The maximum atomic E-state index is 12.8. The van der Waals surface area contributed by atoms with Gasteiger partial charge >= 0.3 is 0 Å². The lowest BCUT2D eigenvalue weighted by molar-refractivity contribution is 0.103. The van der Waals surface area contributed by atoms with Crippen LogP contribution in [0.5, 0.6) is 5.75 Å². The predicted octanol–water partition coefficient (Wildman–Crippen LogP) is 3.40.